The van der Waals surface area contributed by atoms with Crippen molar-refractivity contribution in [2.75, 3.05) is 4.90 Å². The molecule has 0 bridgehead atoms. The number of anilines is 2. The van der Waals surface area contributed by atoms with Crippen LogP contribution < -0.4 is 4.90 Å². The average molecular weight is 414 g/mol. The molecule has 1 heterocycles. The zero-order chi connectivity index (χ0) is 21.0. The molecule has 7 heteroatoms. The molecule has 3 rings (SSSR count). The Labute approximate surface area is 175 Å². The molecule has 0 radical (unpaired) electrons. The van der Waals surface area contributed by atoms with E-state index < -0.39 is 11.7 Å². The lowest BCUT2D eigenvalue weighted by Gasteiger charge is -2.27. The molecule has 3 aromatic rings. The molecule has 152 valence electrons. The Kier molecular flexibility index (Phi) is 6.25. The second-order valence-electron chi connectivity index (χ2n) is 7.55. The van der Waals surface area contributed by atoms with Crippen molar-refractivity contribution in [2.45, 2.75) is 39.5 Å². The monoisotopic (exact) mass is 413 g/mol. The fourth-order valence-corrected chi connectivity index (χ4v) is 3.03. The van der Waals surface area contributed by atoms with Crippen molar-refractivity contribution < 1.29 is 14.6 Å². The Balaban J connectivity index is 2.08. The second-order valence-corrected chi connectivity index (χ2v) is 7.96. The minimum absolute atomic E-state index is 0.251. The van der Waals surface area contributed by atoms with E-state index in [1.807, 2.05) is 69.3 Å². The van der Waals surface area contributed by atoms with Crippen LogP contribution in [0.15, 0.2) is 60.7 Å². The molecule has 1 aromatic heterocycles. The van der Waals surface area contributed by atoms with Gasteiger partial charge in [0.05, 0.1) is 24.5 Å². The van der Waals surface area contributed by atoms with Crippen molar-refractivity contribution in [2.24, 2.45) is 0 Å². The van der Waals surface area contributed by atoms with Gasteiger partial charge in [-0.25, -0.2) is 14.4 Å². The normalized spacial score (nSPS) is 11.3. The Morgan fingerprint density at radius 2 is 1.79 bits per heavy atom. The number of rotatable bonds is 5. The summed E-state index contributed by atoms with van der Waals surface area (Å²) in [5.41, 5.74) is 1.25. The molecular weight excluding hydrogens is 390 g/mol. The molecule has 1 N–H and O–H groups in total. The van der Waals surface area contributed by atoms with Crippen molar-refractivity contribution in [3.05, 3.63) is 76.9 Å². The number of aliphatic hydroxyl groups is 1. The van der Waals surface area contributed by atoms with Crippen molar-refractivity contribution in [1.29, 1.82) is 0 Å². The van der Waals surface area contributed by atoms with Crippen LogP contribution in [0, 0.1) is 0 Å². The molecule has 0 saturated heterocycles. The second kappa shape index (κ2) is 8.68. The van der Waals surface area contributed by atoms with Gasteiger partial charge in [0.25, 0.3) is 0 Å². The first-order chi connectivity index (χ1) is 13.8. The van der Waals surface area contributed by atoms with E-state index in [2.05, 4.69) is 5.10 Å². The van der Waals surface area contributed by atoms with Crippen LogP contribution >= 0.6 is 11.6 Å². The summed E-state index contributed by atoms with van der Waals surface area (Å²) in [6, 6.07) is 18.3. The van der Waals surface area contributed by atoms with Crippen LogP contribution in [0.3, 0.4) is 0 Å². The third-order valence-corrected chi connectivity index (χ3v) is 4.44. The summed E-state index contributed by atoms with van der Waals surface area (Å²) < 4.78 is 7.28. The van der Waals surface area contributed by atoms with Gasteiger partial charge in [-0.2, -0.15) is 5.10 Å². The van der Waals surface area contributed by atoms with Crippen LogP contribution in [0.2, 0.25) is 5.02 Å². The number of hydrogen-bond donors (Lipinski definition) is 1. The molecule has 0 saturated carbocycles. The predicted octanol–water partition coefficient (Wildman–Crippen LogP) is 5.15. The highest BCUT2D eigenvalue weighted by atomic mass is 35.5. The number of carbonyl (C=O) groups excluding carboxylic acids is 1. The van der Waals surface area contributed by atoms with E-state index in [0.717, 1.165) is 5.56 Å². The number of amides is 1. The van der Waals surface area contributed by atoms with Gasteiger partial charge in [0.15, 0.2) is 0 Å². The standard InChI is InChI=1S/C22H24ClN3O3/c1-22(2,3)29-21(28)26(18-10-5-4-6-11-18)20-13-17(15-27)24-25(20)14-16-9-7-8-12-19(16)23/h4-13,27H,14-15H2,1-3H3. The van der Waals surface area contributed by atoms with E-state index in [9.17, 15) is 9.90 Å². The maximum absolute atomic E-state index is 13.1. The quantitative estimate of drug-likeness (QED) is 0.628. The molecule has 0 atom stereocenters. The summed E-state index contributed by atoms with van der Waals surface area (Å²) in [4.78, 5) is 14.6. The number of halogens is 1. The first-order valence-corrected chi connectivity index (χ1v) is 9.65. The number of hydrogen-bond acceptors (Lipinski definition) is 4. The van der Waals surface area contributed by atoms with Crippen molar-refractivity contribution in [3.8, 4) is 0 Å². The van der Waals surface area contributed by atoms with Gasteiger partial charge in [-0.05, 0) is 44.5 Å². The summed E-state index contributed by atoms with van der Waals surface area (Å²) in [6.07, 6.45) is -0.534. The maximum atomic E-state index is 13.1. The minimum atomic E-state index is -0.669. The van der Waals surface area contributed by atoms with Gasteiger partial charge in [0.1, 0.15) is 11.4 Å². The fraction of sp³-hybridized carbons (Fsp3) is 0.273. The van der Waals surface area contributed by atoms with E-state index in [0.29, 0.717) is 28.8 Å². The largest absolute Gasteiger partial charge is 0.443 e. The zero-order valence-electron chi connectivity index (χ0n) is 16.7. The van der Waals surface area contributed by atoms with Gasteiger partial charge in [-0.15, -0.1) is 0 Å². The summed E-state index contributed by atoms with van der Waals surface area (Å²) in [5.74, 6) is 0.481. The summed E-state index contributed by atoms with van der Waals surface area (Å²) in [6.45, 7) is 5.53. The highest BCUT2D eigenvalue weighted by Gasteiger charge is 2.28. The Hall–Kier alpha value is -2.83. The smallest absolute Gasteiger partial charge is 0.420 e. The molecule has 6 nitrogen and oxygen atoms in total. The van der Waals surface area contributed by atoms with E-state index >= 15 is 0 Å². The number of ether oxygens (including phenoxy) is 1. The summed E-state index contributed by atoms with van der Waals surface area (Å²) >= 11 is 6.32. The zero-order valence-corrected chi connectivity index (χ0v) is 17.4. The van der Waals surface area contributed by atoms with E-state index in [1.165, 1.54) is 4.90 Å². The molecule has 0 aliphatic carbocycles. The summed E-state index contributed by atoms with van der Waals surface area (Å²) in [7, 11) is 0. The predicted molar refractivity (Wildman–Crippen MR) is 114 cm³/mol. The van der Waals surface area contributed by atoms with Gasteiger partial charge in [0.2, 0.25) is 0 Å². The van der Waals surface area contributed by atoms with Crippen LogP contribution in [0.25, 0.3) is 0 Å². The van der Waals surface area contributed by atoms with Crippen LogP contribution in [0.1, 0.15) is 32.0 Å². The van der Waals surface area contributed by atoms with E-state index in [1.54, 1.807) is 16.8 Å². The molecule has 0 aliphatic heterocycles. The number of nitrogens with zero attached hydrogens (tertiary/aromatic N) is 3. The van der Waals surface area contributed by atoms with E-state index in [-0.39, 0.29) is 6.61 Å². The molecule has 0 spiro atoms. The summed E-state index contributed by atoms with van der Waals surface area (Å²) in [5, 5.41) is 14.7. The lowest BCUT2D eigenvalue weighted by Crippen LogP contribution is -2.35. The van der Waals surface area contributed by atoms with Gasteiger partial charge in [0, 0.05) is 11.1 Å². The van der Waals surface area contributed by atoms with Crippen molar-refractivity contribution in [1.82, 2.24) is 9.78 Å². The molecular formula is C22H24ClN3O3. The third kappa shape index (κ3) is 5.16. The van der Waals surface area contributed by atoms with Crippen LogP contribution in [-0.4, -0.2) is 26.6 Å². The van der Waals surface area contributed by atoms with Crippen LogP contribution in [0.5, 0.6) is 0 Å². The lowest BCUT2D eigenvalue weighted by atomic mass is 10.2. The highest BCUT2D eigenvalue weighted by molar-refractivity contribution is 6.31. The number of aromatic nitrogens is 2. The van der Waals surface area contributed by atoms with Gasteiger partial charge < -0.3 is 9.84 Å². The molecule has 2 aromatic carbocycles. The maximum Gasteiger partial charge on any atom is 0.420 e. The molecule has 1 amide bonds. The minimum Gasteiger partial charge on any atom is -0.443 e. The van der Waals surface area contributed by atoms with Crippen molar-refractivity contribution >= 4 is 29.2 Å². The first kappa shape index (κ1) is 20.9. The molecule has 29 heavy (non-hydrogen) atoms. The Bertz CT molecular complexity index is 980. The molecule has 0 aliphatic rings. The topological polar surface area (TPSA) is 67.6 Å². The van der Waals surface area contributed by atoms with Crippen molar-refractivity contribution in [3.63, 3.8) is 0 Å². The Morgan fingerprint density at radius 3 is 2.41 bits per heavy atom. The Morgan fingerprint density at radius 1 is 1.14 bits per heavy atom. The number of para-hydroxylation sites is 1. The third-order valence-electron chi connectivity index (χ3n) is 4.07. The lowest BCUT2D eigenvalue weighted by molar-refractivity contribution is 0.0597. The highest BCUT2D eigenvalue weighted by Crippen LogP contribution is 2.30. The fourth-order valence-electron chi connectivity index (χ4n) is 2.84. The SMILES string of the molecule is CC(C)(C)OC(=O)N(c1ccccc1)c1cc(CO)nn1Cc1ccccc1Cl. The molecule has 0 fully saturated rings. The number of carbonyl (C=O) groups is 1. The van der Waals surface area contributed by atoms with Crippen LogP contribution in [0.4, 0.5) is 16.3 Å². The van der Waals surface area contributed by atoms with Gasteiger partial charge in [-0.3, -0.25) is 0 Å². The van der Waals surface area contributed by atoms with E-state index in [4.69, 9.17) is 16.3 Å². The first-order valence-electron chi connectivity index (χ1n) is 9.27. The molecule has 0 unspecified atom stereocenters. The van der Waals surface area contributed by atoms with Crippen LogP contribution in [-0.2, 0) is 17.9 Å². The number of aliphatic hydroxyl groups excluding tert-OH is 1. The van der Waals surface area contributed by atoms with Gasteiger partial charge >= 0.3 is 6.09 Å². The van der Waals surface area contributed by atoms with Gasteiger partial charge in [-0.1, -0.05) is 48.0 Å². The average Bonchev–Trinajstić information content (AvgIpc) is 3.06. The number of benzene rings is 2.